The number of halogens is 1. The molecule has 2 amide bonds. The number of nitrogens with one attached hydrogen (secondary N) is 1. The number of aryl methyl sites for hydroxylation is 3. The lowest BCUT2D eigenvalue weighted by Crippen LogP contribution is -2.54. The van der Waals surface area contributed by atoms with E-state index in [0.717, 1.165) is 38.2 Å². The molecule has 0 spiro atoms. The molecular weight excluding hydrogens is 486 g/mol. The third-order valence-corrected chi connectivity index (χ3v) is 6.38. The number of aromatic nitrogens is 1. The highest BCUT2D eigenvalue weighted by molar-refractivity contribution is 9.10. The molecule has 0 unspecified atom stereocenters. The summed E-state index contributed by atoms with van der Waals surface area (Å²) in [5.41, 5.74) is 6.37. The fraction of sp³-hybridized carbons (Fsp3) is 0.160. The van der Waals surface area contributed by atoms with Crippen LogP contribution in [0.3, 0.4) is 0 Å². The second kappa shape index (κ2) is 8.48. The van der Waals surface area contributed by atoms with Crippen molar-refractivity contribution in [3.8, 4) is 5.69 Å². The Bertz CT molecular complexity index is 1310. The zero-order valence-electron chi connectivity index (χ0n) is 18.2. The highest BCUT2D eigenvalue weighted by Gasteiger charge is 2.35. The number of carbonyl (C=O) groups excluding carboxylic acids is 2. The maximum Gasteiger partial charge on any atom is 0.270 e. The fourth-order valence-corrected chi connectivity index (χ4v) is 4.45. The maximum atomic E-state index is 13.4. The van der Waals surface area contributed by atoms with Crippen LogP contribution in [-0.2, 0) is 9.59 Å². The second-order valence-corrected chi connectivity index (χ2v) is 9.19. The van der Waals surface area contributed by atoms with Crippen molar-refractivity contribution in [2.24, 2.45) is 0 Å². The van der Waals surface area contributed by atoms with E-state index in [2.05, 4.69) is 25.8 Å². The summed E-state index contributed by atoms with van der Waals surface area (Å²) in [6.07, 6.45) is 1.65. The number of rotatable bonds is 3. The molecule has 0 aliphatic carbocycles. The zero-order chi connectivity index (χ0) is 23.2. The Balaban J connectivity index is 1.78. The molecule has 2 heterocycles. The van der Waals surface area contributed by atoms with Gasteiger partial charge in [-0.15, -0.1) is 0 Å². The van der Waals surface area contributed by atoms with E-state index in [-0.39, 0.29) is 10.7 Å². The number of nitrogens with zero attached hydrogens (tertiary/aromatic N) is 2. The van der Waals surface area contributed by atoms with Crippen LogP contribution in [0.5, 0.6) is 0 Å². The maximum absolute atomic E-state index is 13.4. The largest absolute Gasteiger partial charge is 0.318 e. The summed E-state index contributed by atoms with van der Waals surface area (Å²) in [6, 6.07) is 15.8. The van der Waals surface area contributed by atoms with Gasteiger partial charge in [-0.3, -0.25) is 19.8 Å². The van der Waals surface area contributed by atoms with E-state index in [0.29, 0.717) is 5.69 Å². The van der Waals surface area contributed by atoms with E-state index in [4.69, 9.17) is 12.2 Å². The molecule has 3 aromatic rings. The molecule has 1 fully saturated rings. The van der Waals surface area contributed by atoms with Crippen molar-refractivity contribution in [2.45, 2.75) is 27.7 Å². The fourth-order valence-electron chi connectivity index (χ4n) is 3.91. The molecule has 2 aromatic carbocycles. The van der Waals surface area contributed by atoms with Crippen LogP contribution in [0.25, 0.3) is 11.8 Å². The lowest BCUT2D eigenvalue weighted by Gasteiger charge is -2.30. The van der Waals surface area contributed by atoms with E-state index in [9.17, 15) is 9.59 Å². The summed E-state index contributed by atoms with van der Waals surface area (Å²) in [4.78, 5) is 27.6. The molecule has 1 N–H and O–H groups in total. The van der Waals surface area contributed by atoms with E-state index < -0.39 is 11.8 Å². The average Bonchev–Trinajstić information content (AvgIpc) is 3.01. The summed E-state index contributed by atoms with van der Waals surface area (Å²) >= 11 is 8.81. The van der Waals surface area contributed by atoms with E-state index in [1.54, 1.807) is 6.08 Å². The quantitative estimate of drug-likeness (QED) is 0.297. The first-order valence-electron chi connectivity index (χ1n) is 10.1. The van der Waals surface area contributed by atoms with Gasteiger partial charge in [-0.2, -0.15) is 0 Å². The molecule has 0 atom stereocenters. The van der Waals surface area contributed by atoms with Gasteiger partial charge in [0.2, 0.25) is 0 Å². The van der Waals surface area contributed by atoms with Gasteiger partial charge in [-0.1, -0.05) is 28.1 Å². The van der Waals surface area contributed by atoms with Gasteiger partial charge in [-0.25, -0.2) is 0 Å². The minimum Gasteiger partial charge on any atom is -0.318 e. The number of anilines is 1. The van der Waals surface area contributed by atoms with Gasteiger partial charge in [0, 0.05) is 21.5 Å². The van der Waals surface area contributed by atoms with Crippen molar-refractivity contribution in [2.75, 3.05) is 4.90 Å². The van der Waals surface area contributed by atoms with Crippen molar-refractivity contribution < 1.29 is 9.59 Å². The molecule has 0 saturated carbocycles. The van der Waals surface area contributed by atoms with Gasteiger partial charge in [0.25, 0.3) is 11.8 Å². The van der Waals surface area contributed by atoms with Gasteiger partial charge in [0.05, 0.1) is 5.69 Å². The zero-order valence-corrected chi connectivity index (χ0v) is 20.6. The van der Waals surface area contributed by atoms with Gasteiger partial charge >= 0.3 is 0 Å². The predicted octanol–water partition coefficient (Wildman–Crippen LogP) is 5.30. The molecule has 4 rings (SSSR count). The number of hydrogen-bond acceptors (Lipinski definition) is 3. The lowest BCUT2D eigenvalue weighted by atomic mass is 10.0. The van der Waals surface area contributed by atoms with Crippen molar-refractivity contribution in [1.82, 2.24) is 9.88 Å². The Labute approximate surface area is 200 Å². The van der Waals surface area contributed by atoms with Crippen LogP contribution in [-0.4, -0.2) is 21.5 Å². The van der Waals surface area contributed by atoms with E-state index >= 15 is 0 Å². The third kappa shape index (κ3) is 3.94. The molecule has 1 aliphatic heterocycles. The summed E-state index contributed by atoms with van der Waals surface area (Å²) in [5, 5.41) is 2.76. The smallest absolute Gasteiger partial charge is 0.270 e. The van der Waals surface area contributed by atoms with Crippen molar-refractivity contribution in [3.05, 3.63) is 86.7 Å². The molecule has 162 valence electrons. The highest BCUT2D eigenvalue weighted by Crippen LogP contribution is 2.28. The van der Waals surface area contributed by atoms with Gasteiger partial charge < -0.3 is 4.57 Å². The summed E-state index contributed by atoms with van der Waals surface area (Å²) in [5.74, 6) is -0.920. The first kappa shape index (κ1) is 22.2. The van der Waals surface area contributed by atoms with Crippen LogP contribution in [0.2, 0.25) is 0 Å². The molecule has 32 heavy (non-hydrogen) atoms. The molecule has 5 nitrogen and oxygen atoms in total. The molecule has 7 heteroatoms. The van der Waals surface area contributed by atoms with E-state index in [1.165, 1.54) is 4.90 Å². The normalized spacial score (nSPS) is 15.5. The van der Waals surface area contributed by atoms with E-state index in [1.807, 2.05) is 76.2 Å². The Kier molecular flexibility index (Phi) is 5.88. The van der Waals surface area contributed by atoms with Crippen LogP contribution >= 0.6 is 28.1 Å². The number of benzene rings is 2. The van der Waals surface area contributed by atoms with Gasteiger partial charge in [0.15, 0.2) is 5.11 Å². The average molecular weight is 508 g/mol. The van der Waals surface area contributed by atoms with Crippen LogP contribution in [0.15, 0.2) is 58.6 Å². The van der Waals surface area contributed by atoms with Crippen molar-refractivity contribution in [1.29, 1.82) is 0 Å². The summed E-state index contributed by atoms with van der Waals surface area (Å²) < 4.78 is 3.09. The number of amides is 2. The molecule has 0 bridgehead atoms. The SMILES string of the molecule is Cc1ccc(C)c(N2C(=O)/C(=C\c3cc(C)n(-c4ccc(Br)cc4)c3C)C(=O)NC2=S)c1. The number of thiocarbonyl (C=S) groups is 1. The minimum atomic E-state index is -0.491. The Morgan fingerprint density at radius 2 is 1.66 bits per heavy atom. The van der Waals surface area contributed by atoms with Gasteiger partial charge in [0.1, 0.15) is 5.57 Å². The standard InChI is InChI=1S/C25H22BrN3O2S/c1-14-5-6-15(2)22(11-14)29-24(31)21(23(30)27-25(29)32)13-18-12-16(3)28(17(18)4)20-9-7-19(26)8-10-20/h5-13H,1-4H3,(H,27,30,32)/b21-13-. The highest BCUT2D eigenvalue weighted by atomic mass is 79.9. The van der Waals surface area contributed by atoms with Crippen LogP contribution < -0.4 is 10.2 Å². The Morgan fingerprint density at radius 3 is 2.34 bits per heavy atom. The molecular formula is C25H22BrN3O2S. The molecule has 1 saturated heterocycles. The predicted molar refractivity (Wildman–Crippen MR) is 135 cm³/mol. The minimum absolute atomic E-state index is 0.0514. The number of hydrogen-bond donors (Lipinski definition) is 1. The molecule has 0 radical (unpaired) electrons. The first-order chi connectivity index (χ1) is 15.2. The Morgan fingerprint density at radius 1 is 0.969 bits per heavy atom. The van der Waals surface area contributed by atoms with Crippen LogP contribution in [0.1, 0.15) is 28.1 Å². The lowest BCUT2D eigenvalue weighted by molar-refractivity contribution is -0.122. The topological polar surface area (TPSA) is 54.3 Å². The number of carbonyl (C=O) groups is 2. The first-order valence-corrected chi connectivity index (χ1v) is 11.3. The summed E-state index contributed by atoms with van der Waals surface area (Å²) in [7, 11) is 0. The molecule has 1 aliphatic rings. The second-order valence-electron chi connectivity index (χ2n) is 7.89. The molecule has 1 aromatic heterocycles. The third-order valence-electron chi connectivity index (χ3n) is 5.56. The summed E-state index contributed by atoms with van der Waals surface area (Å²) in [6.45, 7) is 7.83. The van der Waals surface area contributed by atoms with Crippen LogP contribution in [0.4, 0.5) is 5.69 Å². The van der Waals surface area contributed by atoms with Crippen LogP contribution in [0, 0.1) is 27.7 Å². The van der Waals surface area contributed by atoms with Gasteiger partial charge in [-0.05, 0) is 99.1 Å². The van der Waals surface area contributed by atoms with Crippen molar-refractivity contribution in [3.63, 3.8) is 0 Å². The van der Waals surface area contributed by atoms with Crippen molar-refractivity contribution >= 4 is 56.8 Å². The monoisotopic (exact) mass is 507 g/mol. The Hall–Kier alpha value is -3.03.